The topological polar surface area (TPSA) is 114 Å². The van der Waals surface area contributed by atoms with Gasteiger partial charge < -0.3 is 25.4 Å². The highest BCUT2D eigenvalue weighted by Gasteiger charge is 2.24. The molecule has 1 saturated heterocycles. The molecule has 3 rings (SSSR count). The summed E-state index contributed by atoms with van der Waals surface area (Å²) in [7, 11) is 1.46. The number of carbonyl (C=O) groups excluding carboxylic acids is 3. The number of nitrogens with two attached hydrogens (primary N) is 1. The number of carbonyl (C=O) groups is 3. The highest BCUT2D eigenvalue weighted by atomic mass is 16.5. The maximum absolute atomic E-state index is 12.9. The Kier molecular flexibility index (Phi) is 7.89. The number of ether oxygens (including phenoxy) is 2. The molecule has 0 bridgehead atoms. The lowest BCUT2D eigenvalue weighted by Crippen LogP contribution is -2.50. The molecule has 0 saturated carbocycles. The zero-order valence-corrected chi connectivity index (χ0v) is 19.2. The number of nitrogens with zero attached hydrogens (tertiary/aromatic N) is 2. The summed E-state index contributed by atoms with van der Waals surface area (Å²) >= 11 is 0. The van der Waals surface area contributed by atoms with Crippen molar-refractivity contribution in [2.24, 2.45) is 5.73 Å². The predicted molar refractivity (Wildman–Crippen MR) is 125 cm³/mol. The van der Waals surface area contributed by atoms with Crippen molar-refractivity contribution in [1.29, 1.82) is 0 Å². The van der Waals surface area contributed by atoms with Gasteiger partial charge in [0.25, 0.3) is 11.8 Å². The second-order valence-corrected chi connectivity index (χ2v) is 7.98. The zero-order valence-electron chi connectivity index (χ0n) is 19.2. The number of benzene rings is 2. The lowest BCUT2D eigenvalue weighted by atomic mass is 10.1. The van der Waals surface area contributed by atoms with Crippen LogP contribution in [0.3, 0.4) is 0 Å². The van der Waals surface area contributed by atoms with Crippen LogP contribution in [0.4, 0.5) is 5.69 Å². The van der Waals surface area contributed by atoms with E-state index in [1.165, 1.54) is 7.11 Å². The molecule has 0 atom stereocenters. The van der Waals surface area contributed by atoms with E-state index < -0.39 is 5.91 Å². The summed E-state index contributed by atoms with van der Waals surface area (Å²) in [4.78, 5) is 40.1. The van der Waals surface area contributed by atoms with Crippen LogP contribution >= 0.6 is 0 Å². The molecule has 9 nitrogen and oxygen atoms in total. The molecule has 0 radical (unpaired) electrons. The molecule has 1 heterocycles. The van der Waals surface area contributed by atoms with Crippen molar-refractivity contribution in [2.75, 3.05) is 51.8 Å². The minimum Gasteiger partial charge on any atom is -0.493 e. The van der Waals surface area contributed by atoms with Gasteiger partial charge in [-0.3, -0.25) is 19.3 Å². The zero-order chi connectivity index (χ0) is 24.0. The van der Waals surface area contributed by atoms with E-state index in [1.807, 2.05) is 36.9 Å². The van der Waals surface area contributed by atoms with Crippen molar-refractivity contribution in [1.82, 2.24) is 9.80 Å². The predicted octanol–water partition coefficient (Wildman–Crippen LogP) is 1.57. The van der Waals surface area contributed by atoms with Gasteiger partial charge in [0.2, 0.25) is 5.91 Å². The van der Waals surface area contributed by atoms with E-state index in [0.29, 0.717) is 43.2 Å². The Morgan fingerprint density at radius 3 is 2.42 bits per heavy atom. The quantitative estimate of drug-likeness (QED) is 0.626. The van der Waals surface area contributed by atoms with E-state index in [9.17, 15) is 14.4 Å². The molecule has 3 N–H and O–H groups in total. The molecule has 176 valence electrons. The molecule has 33 heavy (non-hydrogen) atoms. The molecule has 0 aromatic heterocycles. The number of nitrogens with one attached hydrogen (secondary N) is 1. The number of rotatable bonds is 8. The van der Waals surface area contributed by atoms with Gasteiger partial charge in [-0.05, 0) is 49.2 Å². The van der Waals surface area contributed by atoms with Gasteiger partial charge in [0.15, 0.2) is 18.1 Å². The molecule has 3 amide bonds. The van der Waals surface area contributed by atoms with E-state index in [4.69, 9.17) is 15.2 Å². The smallest absolute Gasteiger partial charge is 0.255 e. The molecule has 0 unspecified atom stereocenters. The molecular weight excluding hydrogens is 424 g/mol. The number of hydrogen-bond donors (Lipinski definition) is 2. The van der Waals surface area contributed by atoms with E-state index >= 15 is 0 Å². The summed E-state index contributed by atoms with van der Waals surface area (Å²) < 4.78 is 10.6. The average molecular weight is 455 g/mol. The Balaban J connectivity index is 1.53. The van der Waals surface area contributed by atoms with Crippen molar-refractivity contribution in [2.45, 2.75) is 13.8 Å². The SMILES string of the molecule is COc1cc(C(=O)N2CCN(CC(=O)Nc3cccc(C)c3C)CC2)ccc1OCC(N)=O. The third kappa shape index (κ3) is 6.23. The van der Waals surface area contributed by atoms with Crippen LogP contribution in [0.5, 0.6) is 11.5 Å². The Morgan fingerprint density at radius 2 is 1.76 bits per heavy atom. The maximum Gasteiger partial charge on any atom is 0.255 e. The number of primary amides is 1. The van der Waals surface area contributed by atoms with Crippen molar-refractivity contribution >= 4 is 23.4 Å². The third-order valence-corrected chi connectivity index (χ3v) is 5.69. The highest BCUT2D eigenvalue weighted by molar-refractivity contribution is 5.95. The minimum absolute atomic E-state index is 0.0697. The first-order valence-electron chi connectivity index (χ1n) is 10.8. The van der Waals surface area contributed by atoms with E-state index in [2.05, 4.69) is 5.32 Å². The van der Waals surface area contributed by atoms with Crippen LogP contribution in [0, 0.1) is 13.8 Å². The Hall–Kier alpha value is -3.59. The van der Waals surface area contributed by atoms with Gasteiger partial charge in [-0.2, -0.15) is 0 Å². The van der Waals surface area contributed by atoms with Gasteiger partial charge in [0.1, 0.15) is 0 Å². The fraction of sp³-hybridized carbons (Fsp3) is 0.375. The van der Waals surface area contributed by atoms with Crippen LogP contribution in [-0.2, 0) is 9.59 Å². The number of methoxy groups -OCH3 is 1. The Labute approximate surface area is 193 Å². The van der Waals surface area contributed by atoms with Crippen LogP contribution in [0.2, 0.25) is 0 Å². The number of anilines is 1. The normalized spacial score (nSPS) is 14.0. The van der Waals surface area contributed by atoms with Crippen LogP contribution in [0.25, 0.3) is 0 Å². The molecule has 9 heteroatoms. The van der Waals surface area contributed by atoms with Crippen molar-refractivity contribution < 1.29 is 23.9 Å². The molecule has 2 aromatic rings. The number of piperazine rings is 1. The second-order valence-electron chi connectivity index (χ2n) is 7.98. The van der Waals surface area contributed by atoms with Gasteiger partial charge in [-0.25, -0.2) is 0 Å². The highest BCUT2D eigenvalue weighted by Crippen LogP contribution is 2.28. The van der Waals surface area contributed by atoms with Crippen LogP contribution < -0.4 is 20.5 Å². The summed E-state index contributed by atoms with van der Waals surface area (Å²) in [6.45, 7) is 6.22. The first kappa shape index (κ1) is 24.1. The monoisotopic (exact) mass is 454 g/mol. The molecular formula is C24H30N4O5. The standard InChI is InChI=1S/C24H30N4O5/c1-16-5-4-6-19(17(16)2)26-23(30)14-27-9-11-28(12-10-27)24(31)18-7-8-20(21(13-18)32-3)33-15-22(25)29/h4-8,13H,9-12,14-15H2,1-3H3,(H2,25,29)(H,26,30). The molecule has 2 aromatic carbocycles. The van der Waals surface area contributed by atoms with Gasteiger partial charge in [-0.15, -0.1) is 0 Å². The first-order valence-corrected chi connectivity index (χ1v) is 10.8. The first-order chi connectivity index (χ1) is 15.8. The van der Waals surface area contributed by atoms with Crippen LogP contribution in [-0.4, -0.2) is 74.0 Å². The number of aryl methyl sites for hydroxylation is 1. The van der Waals surface area contributed by atoms with E-state index in [1.54, 1.807) is 23.1 Å². The average Bonchev–Trinajstić information content (AvgIpc) is 2.80. The number of amides is 3. The van der Waals surface area contributed by atoms with E-state index in [-0.39, 0.29) is 25.0 Å². The van der Waals surface area contributed by atoms with E-state index in [0.717, 1.165) is 16.8 Å². The summed E-state index contributed by atoms with van der Waals surface area (Å²) in [5.74, 6) is -0.108. The lowest BCUT2D eigenvalue weighted by molar-refractivity contribution is -0.120. The summed E-state index contributed by atoms with van der Waals surface area (Å²) in [6.07, 6.45) is 0. The molecule has 1 fully saturated rings. The number of hydrogen-bond acceptors (Lipinski definition) is 6. The molecule has 0 spiro atoms. The van der Waals surface area contributed by atoms with Crippen molar-refractivity contribution in [3.05, 3.63) is 53.1 Å². The molecule has 1 aliphatic rings. The molecule has 1 aliphatic heterocycles. The second kappa shape index (κ2) is 10.8. The fourth-order valence-electron chi connectivity index (χ4n) is 3.64. The largest absolute Gasteiger partial charge is 0.493 e. The van der Waals surface area contributed by atoms with Crippen LogP contribution in [0.1, 0.15) is 21.5 Å². The van der Waals surface area contributed by atoms with Crippen LogP contribution in [0.15, 0.2) is 36.4 Å². The lowest BCUT2D eigenvalue weighted by Gasteiger charge is -2.34. The minimum atomic E-state index is -0.599. The van der Waals surface area contributed by atoms with Gasteiger partial charge >= 0.3 is 0 Å². The summed E-state index contributed by atoms with van der Waals surface area (Å²) in [5, 5.41) is 2.98. The maximum atomic E-state index is 12.9. The molecule has 0 aliphatic carbocycles. The fourth-order valence-corrected chi connectivity index (χ4v) is 3.64. The van der Waals surface area contributed by atoms with Gasteiger partial charge in [0, 0.05) is 37.4 Å². The Morgan fingerprint density at radius 1 is 1.03 bits per heavy atom. The van der Waals surface area contributed by atoms with Crippen molar-refractivity contribution in [3.8, 4) is 11.5 Å². The van der Waals surface area contributed by atoms with Gasteiger partial charge in [-0.1, -0.05) is 12.1 Å². The van der Waals surface area contributed by atoms with Gasteiger partial charge in [0.05, 0.1) is 13.7 Å². The van der Waals surface area contributed by atoms with Crippen molar-refractivity contribution in [3.63, 3.8) is 0 Å². The Bertz CT molecular complexity index is 1030. The third-order valence-electron chi connectivity index (χ3n) is 5.69. The summed E-state index contributed by atoms with van der Waals surface area (Å²) in [6, 6.07) is 10.6. The summed E-state index contributed by atoms with van der Waals surface area (Å²) in [5.41, 5.74) is 8.57.